The Morgan fingerprint density at radius 3 is 2.78 bits per heavy atom. The lowest BCUT2D eigenvalue weighted by Gasteiger charge is -2.02. The Kier molecular flexibility index (Phi) is 6.81. The molecule has 1 N–H and O–H groups in total. The third-order valence-corrected chi connectivity index (χ3v) is 6.40. The van der Waals surface area contributed by atoms with Crippen molar-refractivity contribution in [1.29, 1.82) is 0 Å². The van der Waals surface area contributed by atoms with E-state index in [2.05, 4.69) is 45.7 Å². The van der Waals surface area contributed by atoms with Crippen LogP contribution in [0.15, 0.2) is 59.1 Å². The van der Waals surface area contributed by atoms with Crippen LogP contribution in [0.25, 0.3) is 5.69 Å². The van der Waals surface area contributed by atoms with Crippen LogP contribution >= 0.6 is 23.1 Å². The molecule has 1 amide bonds. The summed E-state index contributed by atoms with van der Waals surface area (Å²) in [4.78, 5) is 12.8. The van der Waals surface area contributed by atoms with Gasteiger partial charge in [0.2, 0.25) is 5.13 Å². The summed E-state index contributed by atoms with van der Waals surface area (Å²) >= 11 is 2.85. The highest BCUT2D eigenvalue weighted by molar-refractivity contribution is 8.00. The number of carbonyl (C=O) groups is 1. The lowest BCUT2D eigenvalue weighted by atomic mass is 10.2. The Bertz CT molecular complexity index is 1220. The average Bonchev–Trinajstić information content (AvgIpc) is 3.40. The molecule has 0 saturated heterocycles. The number of carbonyl (C=O) groups excluding carboxylic acids is 1. The van der Waals surface area contributed by atoms with Gasteiger partial charge >= 0.3 is 0 Å². The minimum Gasteiger partial charge on any atom is -0.490 e. The highest BCUT2D eigenvalue weighted by Crippen LogP contribution is 2.29. The van der Waals surface area contributed by atoms with Crippen molar-refractivity contribution < 1.29 is 13.9 Å². The maximum absolute atomic E-state index is 13.2. The predicted octanol–water partition coefficient (Wildman–Crippen LogP) is 5.11. The number of anilines is 1. The second kappa shape index (κ2) is 9.92. The van der Waals surface area contributed by atoms with Gasteiger partial charge in [0.1, 0.15) is 5.82 Å². The Morgan fingerprint density at radius 2 is 2.03 bits per heavy atom. The van der Waals surface area contributed by atoms with Crippen LogP contribution in [0.1, 0.15) is 28.5 Å². The number of ether oxygens (including phenoxy) is 1. The minimum atomic E-state index is -0.458. The van der Waals surface area contributed by atoms with Crippen LogP contribution in [0.2, 0.25) is 0 Å². The predicted molar refractivity (Wildman–Crippen MR) is 123 cm³/mol. The van der Waals surface area contributed by atoms with Gasteiger partial charge in [0.15, 0.2) is 15.8 Å². The quantitative estimate of drug-likeness (QED) is 0.285. The molecule has 2 aromatic carbocycles. The van der Waals surface area contributed by atoms with Crippen LogP contribution in [0, 0.1) is 12.7 Å². The average molecular weight is 470 g/mol. The summed E-state index contributed by atoms with van der Waals surface area (Å²) in [5, 5.41) is 15.6. The molecule has 32 heavy (non-hydrogen) atoms. The highest BCUT2D eigenvalue weighted by Gasteiger charge is 2.20. The zero-order valence-electron chi connectivity index (χ0n) is 17.4. The molecule has 0 aliphatic rings. The third-order valence-electron chi connectivity index (χ3n) is 4.36. The van der Waals surface area contributed by atoms with Crippen molar-refractivity contribution >= 4 is 34.1 Å². The van der Waals surface area contributed by atoms with Crippen molar-refractivity contribution in [3.63, 3.8) is 0 Å². The van der Waals surface area contributed by atoms with Crippen molar-refractivity contribution in [2.24, 2.45) is 0 Å². The Hall–Kier alpha value is -3.24. The SMILES string of the molecule is CCOc1cn(-c2ccc(F)cc2)nc1C(=O)Nc1nnc(SCc2cccc(C)c2)s1. The third kappa shape index (κ3) is 5.32. The van der Waals surface area contributed by atoms with E-state index in [1.165, 1.54) is 39.3 Å². The van der Waals surface area contributed by atoms with Crippen molar-refractivity contribution in [1.82, 2.24) is 20.0 Å². The van der Waals surface area contributed by atoms with E-state index in [-0.39, 0.29) is 11.5 Å². The second-order valence-corrected chi connectivity index (χ2v) is 9.00. The van der Waals surface area contributed by atoms with Crippen LogP contribution in [-0.4, -0.2) is 32.5 Å². The van der Waals surface area contributed by atoms with E-state index >= 15 is 0 Å². The van der Waals surface area contributed by atoms with Gasteiger partial charge in [-0.15, -0.1) is 10.2 Å². The van der Waals surface area contributed by atoms with Gasteiger partial charge in [0.25, 0.3) is 5.91 Å². The molecule has 0 fully saturated rings. The van der Waals surface area contributed by atoms with Crippen molar-refractivity contribution in [2.45, 2.75) is 23.9 Å². The number of aryl methyl sites for hydroxylation is 1. The number of aromatic nitrogens is 4. The summed E-state index contributed by atoms with van der Waals surface area (Å²) in [5.41, 5.74) is 3.12. The number of hydrogen-bond acceptors (Lipinski definition) is 7. The highest BCUT2D eigenvalue weighted by atomic mass is 32.2. The number of halogens is 1. The molecule has 0 spiro atoms. The molecule has 0 unspecified atom stereocenters. The molecule has 164 valence electrons. The van der Waals surface area contributed by atoms with Crippen molar-refractivity contribution in [2.75, 3.05) is 11.9 Å². The lowest BCUT2D eigenvalue weighted by molar-refractivity contribution is 0.101. The fourth-order valence-corrected chi connectivity index (χ4v) is 4.61. The first-order valence-corrected chi connectivity index (χ1v) is 11.6. The maximum atomic E-state index is 13.2. The van der Waals surface area contributed by atoms with E-state index in [1.807, 2.05) is 13.0 Å². The Labute approximate surface area is 192 Å². The minimum absolute atomic E-state index is 0.111. The number of nitrogens with zero attached hydrogens (tertiary/aromatic N) is 4. The van der Waals surface area contributed by atoms with Crippen molar-refractivity contribution in [3.8, 4) is 11.4 Å². The fourth-order valence-electron chi connectivity index (χ4n) is 2.92. The lowest BCUT2D eigenvalue weighted by Crippen LogP contribution is -2.14. The Morgan fingerprint density at radius 1 is 1.22 bits per heavy atom. The van der Waals surface area contributed by atoms with Gasteiger partial charge in [0, 0.05) is 5.75 Å². The molecule has 2 heterocycles. The van der Waals surface area contributed by atoms with Gasteiger partial charge in [-0.3, -0.25) is 10.1 Å². The molecule has 0 aliphatic heterocycles. The number of amides is 1. The van der Waals surface area contributed by atoms with Crippen LogP contribution < -0.4 is 10.1 Å². The molecule has 0 aliphatic carbocycles. The summed E-state index contributed by atoms with van der Waals surface area (Å²) in [7, 11) is 0. The molecule has 0 bridgehead atoms. The van der Waals surface area contributed by atoms with Crippen LogP contribution in [0.3, 0.4) is 0 Å². The number of nitrogens with one attached hydrogen (secondary N) is 1. The van der Waals surface area contributed by atoms with Gasteiger partial charge < -0.3 is 4.74 Å². The van der Waals surface area contributed by atoms with Gasteiger partial charge in [-0.2, -0.15) is 5.10 Å². The van der Waals surface area contributed by atoms with Crippen LogP contribution in [0.5, 0.6) is 5.75 Å². The number of benzene rings is 2. The number of rotatable bonds is 8. The first-order valence-electron chi connectivity index (χ1n) is 9.83. The normalized spacial score (nSPS) is 10.8. The summed E-state index contributed by atoms with van der Waals surface area (Å²) in [6, 6.07) is 14.1. The van der Waals surface area contributed by atoms with E-state index in [1.54, 1.807) is 30.1 Å². The molecule has 7 nitrogen and oxygen atoms in total. The zero-order chi connectivity index (χ0) is 22.5. The zero-order valence-corrected chi connectivity index (χ0v) is 19.0. The molecule has 4 aromatic rings. The summed E-state index contributed by atoms with van der Waals surface area (Å²) in [5.74, 6) is 0.283. The van der Waals surface area contributed by atoms with Crippen LogP contribution in [0.4, 0.5) is 9.52 Å². The van der Waals surface area contributed by atoms with Gasteiger partial charge in [-0.25, -0.2) is 9.07 Å². The van der Waals surface area contributed by atoms with E-state index in [9.17, 15) is 9.18 Å². The largest absolute Gasteiger partial charge is 0.490 e. The van der Waals surface area contributed by atoms with Gasteiger partial charge in [0.05, 0.1) is 18.5 Å². The first-order chi connectivity index (χ1) is 15.5. The van der Waals surface area contributed by atoms with Crippen molar-refractivity contribution in [3.05, 3.63) is 77.4 Å². The molecule has 4 rings (SSSR count). The van der Waals surface area contributed by atoms with E-state index in [4.69, 9.17) is 4.74 Å². The first kappa shape index (κ1) is 22.0. The summed E-state index contributed by atoms with van der Waals surface area (Å²) in [6.07, 6.45) is 1.59. The molecule has 0 radical (unpaired) electrons. The monoisotopic (exact) mass is 469 g/mol. The van der Waals surface area contributed by atoms with Gasteiger partial charge in [-0.05, 0) is 43.7 Å². The molecular formula is C22H20FN5O2S2. The number of hydrogen-bond donors (Lipinski definition) is 1. The Balaban J connectivity index is 1.46. The second-order valence-electron chi connectivity index (χ2n) is 6.80. The summed E-state index contributed by atoms with van der Waals surface area (Å²) < 4.78 is 21.0. The number of thioether (sulfide) groups is 1. The van der Waals surface area contributed by atoms with Gasteiger partial charge in [-0.1, -0.05) is 52.9 Å². The summed E-state index contributed by atoms with van der Waals surface area (Å²) in [6.45, 7) is 4.24. The maximum Gasteiger partial charge on any atom is 0.281 e. The molecule has 0 saturated carbocycles. The molecule has 10 heteroatoms. The standard InChI is InChI=1S/C22H20FN5O2S2/c1-3-30-18-12-28(17-9-7-16(23)8-10-17)27-19(18)20(29)24-21-25-26-22(32-21)31-13-15-6-4-5-14(2)11-15/h4-12H,3,13H2,1-2H3,(H,24,25,29). The molecule has 0 atom stereocenters. The van der Waals surface area contributed by atoms with E-state index in [0.717, 1.165) is 10.1 Å². The molecule has 2 aromatic heterocycles. The smallest absolute Gasteiger partial charge is 0.281 e. The molecular weight excluding hydrogens is 449 g/mol. The van der Waals surface area contributed by atoms with E-state index in [0.29, 0.717) is 23.2 Å². The fraction of sp³-hybridized carbons (Fsp3) is 0.182. The van der Waals surface area contributed by atoms with E-state index < -0.39 is 5.91 Å². The van der Waals surface area contributed by atoms with Crippen LogP contribution in [-0.2, 0) is 5.75 Å². The topological polar surface area (TPSA) is 81.9 Å².